The topological polar surface area (TPSA) is 93.1 Å². The van der Waals surface area contributed by atoms with E-state index in [0.29, 0.717) is 15.8 Å². The van der Waals surface area contributed by atoms with Crippen LogP contribution in [0, 0.1) is 0 Å². The van der Waals surface area contributed by atoms with Gasteiger partial charge in [0.05, 0.1) is 7.11 Å². The summed E-state index contributed by atoms with van der Waals surface area (Å²) in [5, 5.41) is 17.1. The van der Waals surface area contributed by atoms with Crippen molar-refractivity contribution in [2.45, 2.75) is 0 Å². The second-order valence-electron chi connectivity index (χ2n) is 3.38. The van der Waals surface area contributed by atoms with Gasteiger partial charge in [-0.25, -0.2) is 9.59 Å². The lowest BCUT2D eigenvalue weighted by atomic mass is 10.2. The summed E-state index contributed by atoms with van der Waals surface area (Å²) in [6.07, 6.45) is 2.37. The van der Waals surface area contributed by atoms with Gasteiger partial charge in [0.1, 0.15) is 0 Å². The number of hydrogen-bond donors (Lipinski definition) is 2. The van der Waals surface area contributed by atoms with Gasteiger partial charge >= 0.3 is 11.9 Å². The predicted molar refractivity (Wildman–Crippen MR) is 70.5 cm³/mol. The van der Waals surface area contributed by atoms with E-state index < -0.39 is 18.5 Å². The smallest absolute Gasteiger partial charge is 0.341 e. The van der Waals surface area contributed by atoms with E-state index in [4.69, 9.17) is 19.7 Å². The summed E-state index contributed by atoms with van der Waals surface area (Å²) in [5.41, 5.74) is 0.571. The van der Waals surface area contributed by atoms with Crippen LogP contribution < -0.4 is 9.47 Å². The number of carboxylic acids is 2. The number of ether oxygens (including phenoxy) is 2. The van der Waals surface area contributed by atoms with Crippen LogP contribution in [0.5, 0.6) is 11.5 Å². The Morgan fingerprint density at radius 3 is 2.53 bits per heavy atom. The molecule has 0 atom stereocenters. The number of aliphatic carboxylic acids is 2. The maximum Gasteiger partial charge on any atom is 0.341 e. The van der Waals surface area contributed by atoms with Gasteiger partial charge in [-0.3, -0.25) is 0 Å². The molecule has 1 aromatic rings. The number of hydrogen-bond acceptors (Lipinski definition) is 4. The summed E-state index contributed by atoms with van der Waals surface area (Å²) in [6.45, 7) is -0.493. The number of carbonyl (C=O) groups is 2. The number of methoxy groups -OCH3 is 1. The van der Waals surface area contributed by atoms with Crippen molar-refractivity contribution in [3.05, 3.63) is 28.2 Å². The number of benzene rings is 1. The fourth-order valence-corrected chi connectivity index (χ4v) is 1.71. The van der Waals surface area contributed by atoms with Crippen molar-refractivity contribution in [2.75, 3.05) is 13.7 Å². The third kappa shape index (κ3) is 4.63. The molecule has 6 nitrogen and oxygen atoms in total. The zero-order valence-corrected chi connectivity index (χ0v) is 11.5. The molecule has 19 heavy (non-hydrogen) atoms. The third-order valence-corrected chi connectivity index (χ3v) is 2.73. The van der Waals surface area contributed by atoms with Crippen molar-refractivity contribution >= 4 is 33.9 Å². The largest absolute Gasteiger partial charge is 0.493 e. The van der Waals surface area contributed by atoms with Crippen molar-refractivity contribution < 1.29 is 29.3 Å². The van der Waals surface area contributed by atoms with Crippen molar-refractivity contribution in [1.82, 2.24) is 0 Å². The molecule has 7 heteroatoms. The first-order valence-corrected chi connectivity index (χ1v) is 5.86. The Morgan fingerprint density at radius 1 is 1.32 bits per heavy atom. The molecule has 0 amide bonds. The molecule has 0 aliphatic rings. The second kappa shape index (κ2) is 6.79. The molecule has 0 fully saturated rings. The Bertz CT molecular complexity index is 523. The van der Waals surface area contributed by atoms with E-state index in [2.05, 4.69) is 15.9 Å². The molecular weight excluding hydrogens is 320 g/mol. The van der Waals surface area contributed by atoms with Gasteiger partial charge in [0.15, 0.2) is 18.1 Å². The highest BCUT2D eigenvalue weighted by molar-refractivity contribution is 9.10. The lowest BCUT2D eigenvalue weighted by Crippen LogP contribution is -2.10. The van der Waals surface area contributed by atoms with E-state index in [-0.39, 0.29) is 5.75 Å². The molecule has 1 aromatic carbocycles. The molecule has 0 saturated carbocycles. The van der Waals surface area contributed by atoms with Crippen LogP contribution in [0.25, 0.3) is 6.08 Å². The summed E-state index contributed by atoms with van der Waals surface area (Å²) in [7, 11) is 1.40. The van der Waals surface area contributed by atoms with Gasteiger partial charge in [-0.05, 0) is 23.8 Å². The summed E-state index contributed by atoms with van der Waals surface area (Å²) in [5.74, 6) is -1.61. The molecule has 0 unspecified atom stereocenters. The molecule has 0 aliphatic carbocycles. The average molecular weight is 331 g/mol. The maximum atomic E-state index is 10.5. The lowest BCUT2D eigenvalue weighted by Gasteiger charge is -2.11. The Morgan fingerprint density at radius 2 is 2.00 bits per heavy atom. The normalized spacial score (nSPS) is 10.4. The molecular formula is C12H11BrO6. The highest BCUT2D eigenvalue weighted by atomic mass is 79.9. The Labute approximate surface area is 117 Å². The van der Waals surface area contributed by atoms with Gasteiger partial charge in [0.25, 0.3) is 0 Å². The highest BCUT2D eigenvalue weighted by Crippen LogP contribution is 2.34. The van der Waals surface area contributed by atoms with Crippen molar-refractivity contribution in [2.24, 2.45) is 0 Å². The fraction of sp³-hybridized carbons (Fsp3) is 0.167. The van der Waals surface area contributed by atoms with E-state index in [1.54, 1.807) is 6.07 Å². The molecule has 0 aromatic heterocycles. The number of halogens is 1. The first-order chi connectivity index (χ1) is 8.93. The number of carboxylic acid groups (broad SMARTS) is 2. The minimum Gasteiger partial charge on any atom is -0.493 e. The Balaban J connectivity index is 3.06. The maximum absolute atomic E-state index is 10.5. The highest BCUT2D eigenvalue weighted by Gasteiger charge is 2.10. The standard InChI is InChI=1S/C12H11BrO6/c1-18-9-4-7(2-3-11(14)15)8(13)5-10(9)19-6-12(16)17/h2-5H,6H2,1H3,(H,14,15)(H,16,17)/b3-2+. The van der Waals surface area contributed by atoms with Gasteiger partial charge in [-0.1, -0.05) is 15.9 Å². The minimum absolute atomic E-state index is 0.254. The van der Waals surface area contributed by atoms with Gasteiger partial charge in [-0.2, -0.15) is 0 Å². The van der Waals surface area contributed by atoms with Crippen LogP contribution in [0.2, 0.25) is 0 Å². The van der Waals surface area contributed by atoms with E-state index in [0.717, 1.165) is 6.08 Å². The average Bonchev–Trinajstić information content (AvgIpc) is 2.34. The minimum atomic E-state index is -1.10. The van der Waals surface area contributed by atoms with Gasteiger partial charge in [0, 0.05) is 10.5 Å². The monoisotopic (exact) mass is 330 g/mol. The Hall–Kier alpha value is -2.02. The predicted octanol–water partition coefficient (Wildman–Crippen LogP) is 2.02. The molecule has 0 saturated heterocycles. The van der Waals surface area contributed by atoms with Gasteiger partial charge in [0.2, 0.25) is 0 Å². The molecule has 0 spiro atoms. The third-order valence-electron chi connectivity index (χ3n) is 2.04. The summed E-state index contributed by atoms with van der Waals surface area (Å²) >= 11 is 3.24. The first kappa shape index (κ1) is 15.0. The van der Waals surface area contributed by atoms with Crippen molar-refractivity contribution in [3.8, 4) is 11.5 Å². The molecule has 0 bridgehead atoms. The fourth-order valence-electron chi connectivity index (χ4n) is 1.25. The molecule has 0 aliphatic heterocycles. The summed E-state index contributed by atoms with van der Waals surface area (Å²) in [6, 6.07) is 3.06. The SMILES string of the molecule is COc1cc(/C=C/C(=O)O)c(Br)cc1OCC(=O)O. The van der Waals surface area contributed by atoms with Crippen LogP contribution in [0.3, 0.4) is 0 Å². The molecule has 102 valence electrons. The van der Waals surface area contributed by atoms with E-state index in [9.17, 15) is 9.59 Å². The summed E-state index contributed by atoms with van der Waals surface area (Å²) in [4.78, 5) is 20.9. The second-order valence-corrected chi connectivity index (χ2v) is 4.23. The van der Waals surface area contributed by atoms with E-state index >= 15 is 0 Å². The molecule has 2 N–H and O–H groups in total. The lowest BCUT2D eigenvalue weighted by molar-refractivity contribution is -0.139. The van der Waals surface area contributed by atoms with E-state index in [1.807, 2.05) is 0 Å². The van der Waals surface area contributed by atoms with Crippen LogP contribution in [0.4, 0.5) is 0 Å². The zero-order chi connectivity index (χ0) is 14.4. The molecule has 0 heterocycles. The van der Waals surface area contributed by atoms with Crippen molar-refractivity contribution in [3.63, 3.8) is 0 Å². The van der Waals surface area contributed by atoms with Crippen LogP contribution >= 0.6 is 15.9 Å². The number of rotatable bonds is 6. The zero-order valence-electron chi connectivity index (χ0n) is 9.92. The van der Waals surface area contributed by atoms with E-state index in [1.165, 1.54) is 19.3 Å². The van der Waals surface area contributed by atoms with Crippen LogP contribution in [0.15, 0.2) is 22.7 Å². The van der Waals surface area contributed by atoms with Crippen LogP contribution in [-0.4, -0.2) is 35.9 Å². The quantitative estimate of drug-likeness (QED) is 0.775. The molecule has 0 radical (unpaired) electrons. The van der Waals surface area contributed by atoms with Gasteiger partial charge in [-0.15, -0.1) is 0 Å². The van der Waals surface area contributed by atoms with Crippen LogP contribution in [-0.2, 0) is 9.59 Å². The van der Waals surface area contributed by atoms with Crippen LogP contribution in [0.1, 0.15) is 5.56 Å². The van der Waals surface area contributed by atoms with Crippen molar-refractivity contribution in [1.29, 1.82) is 0 Å². The van der Waals surface area contributed by atoms with Gasteiger partial charge < -0.3 is 19.7 Å². The molecule has 1 rings (SSSR count). The summed E-state index contributed by atoms with van der Waals surface area (Å²) < 4.78 is 10.7. The first-order valence-electron chi connectivity index (χ1n) is 5.07. The Kier molecular flexibility index (Phi) is 5.37.